The van der Waals surface area contributed by atoms with Crippen LogP contribution in [-0.4, -0.2) is 34.4 Å². The molecule has 29 heavy (non-hydrogen) atoms. The highest BCUT2D eigenvalue weighted by Crippen LogP contribution is 2.18. The molecular formula is C22H26N4O3. The zero-order chi connectivity index (χ0) is 20.6. The number of hydrogen-bond donors (Lipinski definition) is 2. The first-order valence-electron chi connectivity index (χ1n) is 9.93. The summed E-state index contributed by atoms with van der Waals surface area (Å²) in [6, 6.07) is 12.5. The van der Waals surface area contributed by atoms with Crippen LogP contribution in [0.5, 0.6) is 5.75 Å². The maximum Gasteiger partial charge on any atom is 0.292 e. The molecule has 0 aliphatic rings. The van der Waals surface area contributed by atoms with Crippen LogP contribution in [0.15, 0.2) is 48.7 Å². The van der Waals surface area contributed by atoms with Crippen molar-refractivity contribution in [2.24, 2.45) is 0 Å². The molecule has 0 spiro atoms. The molecule has 7 nitrogen and oxygen atoms in total. The van der Waals surface area contributed by atoms with Crippen molar-refractivity contribution in [3.05, 3.63) is 60.2 Å². The number of benzene rings is 1. The smallest absolute Gasteiger partial charge is 0.292 e. The van der Waals surface area contributed by atoms with E-state index >= 15 is 0 Å². The van der Waals surface area contributed by atoms with Gasteiger partial charge < -0.3 is 15.4 Å². The molecule has 0 saturated carbocycles. The molecule has 1 aromatic carbocycles. The molecule has 0 fully saturated rings. The highest BCUT2D eigenvalue weighted by Gasteiger charge is 2.21. The minimum atomic E-state index is -0.389. The second-order valence-electron chi connectivity index (χ2n) is 6.61. The monoisotopic (exact) mass is 394 g/mol. The van der Waals surface area contributed by atoms with Crippen LogP contribution in [0.2, 0.25) is 0 Å². The third-order valence-electron chi connectivity index (χ3n) is 4.46. The van der Waals surface area contributed by atoms with Crippen LogP contribution in [-0.2, 0) is 0 Å². The van der Waals surface area contributed by atoms with Gasteiger partial charge in [-0.25, -0.2) is 4.98 Å². The lowest BCUT2D eigenvalue weighted by molar-refractivity contribution is 0.0950. The Kier molecular flexibility index (Phi) is 6.84. The van der Waals surface area contributed by atoms with Crippen LogP contribution in [0.25, 0.3) is 5.52 Å². The third kappa shape index (κ3) is 4.93. The van der Waals surface area contributed by atoms with E-state index in [0.717, 1.165) is 25.0 Å². The molecule has 2 N–H and O–H groups in total. The Morgan fingerprint density at radius 3 is 2.55 bits per heavy atom. The molecular weight excluding hydrogens is 368 g/mol. The Morgan fingerprint density at radius 2 is 1.83 bits per heavy atom. The van der Waals surface area contributed by atoms with Gasteiger partial charge in [0, 0.05) is 18.4 Å². The fraction of sp³-hybridized carbons (Fsp3) is 0.318. The average Bonchev–Trinajstić information content (AvgIpc) is 3.13. The standard InChI is InChI=1S/C22H26N4O3/c1-3-5-7-14-23-21(27)19-18-9-6-8-15-26(18)20(25-19)22(28)24-16-10-12-17(13-11-16)29-4-2/h6,8-13,15H,3-5,7,14H2,1-2H3,(H,23,27)(H,24,28). The molecule has 3 rings (SSSR count). The van der Waals surface area contributed by atoms with Crippen molar-refractivity contribution in [1.82, 2.24) is 14.7 Å². The lowest BCUT2D eigenvalue weighted by atomic mass is 10.2. The van der Waals surface area contributed by atoms with Crippen LogP contribution in [0, 0.1) is 0 Å². The van der Waals surface area contributed by atoms with E-state index in [0.29, 0.717) is 24.4 Å². The maximum absolute atomic E-state index is 12.8. The number of hydrogen-bond acceptors (Lipinski definition) is 4. The fourth-order valence-electron chi connectivity index (χ4n) is 3.01. The molecule has 0 atom stereocenters. The van der Waals surface area contributed by atoms with Crippen LogP contribution < -0.4 is 15.4 Å². The molecule has 2 heterocycles. The zero-order valence-corrected chi connectivity index (χ0v) is 16.8. The van der Waals surface area contributed by atoms with Crippen LogP contribution in [0.3, 0.4) is 0 Å². The van der Waals surface area contributed by atoms with Crippen molar-refractivity contribution in [2.75, 3.05) is 18.5 Å². The molecule has 0 aliphatic heterocycles. The van der Waals surface area contributed by atoms with Crippen LogP contribution in [0.4, 0.5) is 5.69 Å². The number of unbranched alkanes of at least 4 members (excludes halogenated alkanes) is 2. The summed E-state index contributed by atoms with van der Waals surface area (Å²) in [6.07, 6.45) is 4.78. The minimum absolute atomic E-state index is 0.160. The topological polar surface area (TPSA) is 84.7 Å². The Hall–Kier alpha value is -3.35. The number of imidazole rings is 1. The van der Waals surface area contributed by atoms with Crippen molar-refractivity contribution >= 4 is 23.0 Å². The van der Waals surface area contributed by atoms with Gasteiger partial charge in [-0.05, 0) is 49.7 Å². The fourth-order valence-corrected chi connectivity index (χ4v) is 3.01. The van der Waals surface area contributed by atoms with E-state index in [-0.39, 0.29) is 23.3 Å². The van der Waals surface area contributed by atoms with Gasteiger partial charge >= 0.3 is 0 Å². The largest absolute Gasteiger partial charge is 0.494 e. The van der Waals surface area contributed by atoms with E-state index < -0.39 is 0 Å². The second-order valence-corrected chi connectivity index (χ2v) is 6.61. The van der Waals surface area contributed by atoms with Crippen molar-refractivity contribution in [3.63, 3.8) is 0 Å². The summed E-state index contributed by atoms with van der Waals surface area (Å²) in [4.78, 5) is 29.7. The number of rotatable bonds is 9. The number of nitrogens with one attached hydrogen (secondary N) is 2. The molecule has 0 aliphatic carbocycles. The molecule has 2 amide bonds. The first kappa shape index (κ1) is 20.4. The van der Waals surface area contributed by atoms with E-state index in [1.807, 2.05) is 13.0 Å². The third-order valence-corrected chi connectivity index (χ3v) is 4.46. The second kappa shape index (κ2) is 9.73. The summed E-state index contributed by atoms with van der Waals surface area (Å²) < 4.78 is 7.04. The van der Waals surface area contributed by atoms with Gasteiger partial charge in [-0.15, -0.1) is 0 Å². The summed E-state index contributed by atoms with van der Waals surface area (Å²) in [5, 5.41) is 5.71. The van der Waals surface area contributed by atoms with E-state index in [1.54, 1.807) is 47.0 Å². The number of anilines is 1. The summed E-state index contributed by atoms with van der Waals surface area (Å²) in [5.41, 5.74) is 1.47. The number of aromatic nitrogens is 2. The normalized spacial score (nSPS) is 10.7. The number of fused-ring (bicyclic) bond motifs is 1. The molecule has 0 unspecified atom stereocenters. The number of nitrogens with zero attached hydrogens (tertiary/aromatic N) is 2. The number of amides is 2. The Morgan fingerprint density at radius 1 is 1.03 bits per heavy atom. The van der Waals surface area contributed by atoms with Gasteiger partial charge in [-0.2, -0.15) is 0 Å². The summed E-state index contributed by atoms with van der Waals surface area (Å²) in [7, 11) is 0. The van der Waals surface area contributed by atoms with E-state index in [1.165, 1.54) is 0 Å². The van der Waals surface area contributed by atoms with Gasteiger partial charge in [0.15, 0.2) is 5.69 Å². The number of carbonyl (C=O) groups is 2. The van der Waals surface area contributed by atoms with Gasteiger partial charge in [0.2, 0.25) is 5.82 Å². The molecule has 0 saturated heterocycles. The lowest BCUT2D eigenvalue weighted by Crippen LogP contribution is -2.25. The van der Waals surface area contributed by atoms with Crippen LogP contribution >= 0.6 is 0 Å². The molecule has 0 radical (unpaired) electrons. The molecule has 152 valence electrons. The Labute approximate surface area is 170 Å². The van der Waals surface area contributed by atoms with Gasteiger partial charge in [0.25, 0.3) is 11.8 Å². The molecule has 0 bridgehead atoms. The van der Waals surface area contributed by atoms with E-state index in [4.69, 9.17) is 4.74 Å². The first-order valence-corrected chi connectivity index (χ1v) is 9.93. The Balaban J connectivity index is 1.79. The predicted molar refractivity (Wildman–Crippen MR) is 113 cm³/mol. The van der Waals surface area contributed by atoms with E-state index in [2.05, 4.69) is 22.5 Å². The average molecular weight is 394 g/mol. The van der Waals surface area contributed by atoms with Gasteiger partial charge in [0.1, 0.15) is 5.75 Å². The maximum atomic E-state index is 12.8. The van der Waals surface area contributed by atoms with Crippen molar-refractivity contribution in [3.8, 4) is 5.75 Å². The summed E-state index contributed by atoms with van der Waals surface area (Å²) in [5.74, 6) is 0.234. The van der Waals surface area contributed by atoms with Crippen molar-refractivity contribution in [2.45, 2.75) is 33.1 Å². The molecule has 3 aromatic rings. The lowest BCUT2D eigenvalue weighted by Gasteiger charge is -2.06. The van der Waals surface area contributed by atoms with Crippen molar-refractivity contribution in [1.29, 1.82) is 0 Å². The Bertz CT molecular complexity index is 979. The number of pyridine rings is 1. The van der Waals surface area contributed by atoms with Gasteiger partial charge in [-0.3, -0.25) is 14.0 Å². The SMILES string of the molecule is CCCCCNC(=O)c1nc(C(=O)Nc2ccc(OCC)cc2)n2ccccc12. The quantitative estimate of drug-likeness (QED) is 0.539. The first-order chi connectivity index (χ1) is 14.1. The molecule has 2 aromatic heterocycles. The van der Waals surface area contributed by atoms with Gasteiger partial charge in [0.05, 0.1) is 12.1 Å². The number of carbonyl (C=O) groups excluding carboxylic acids is 2. The van der Waals surface area contributed by atoms with Gasteiger partial charge in [-0.1, -0.05) is 25.8 Å². The summed E-state index contributed by atoms with van der Waals surface area (Å²) >= 11 is 0. The van der Waals surface area contributed by atoms with Crippen LogP contribution in [0.1, 0.15) is 54.2 Å². The summed E-state index contributed by atoms with van der Waals surface area (Å²) in [6.45, 7) is 5.19. The molecule has 7 heteroatoms. The highest BCUT2D eigenvalue weighted by molar-refractivity contribution is 6.06. The number of ether oxygens (including phenoxy) is 1. The predicted octanol–water partition coefficient (Wildman–Crippen LogP) is 3.91. The van der Waals surface area contributed by atoms with Crippen molar-refractivity contribution < 1.29 is 14.3 Å². The minimum Gasteiger partial charge on any atom is -0.494 e. The zero-order valence-electron chi connectivity index (χ0n) is 16.8. The van der Waals surface area contributed by atoms with E-state index in [9.17, 15) is 9.59 Å². The highest BCUT2D eigenvalue weighted by atomic mass is 16.5.